The summed E-state index contributed by atoms with van der Waals surface area (Å²) in [6.45, 7) is 2.13. The summed E-state index contributed by atoms with van der Waals surface area (Å²) in [6, 6.07) is 29.2. The number of hydrogen-bond acceptors (Lipinski definition) is 3. The van der Waals surface area contributed by atoms with Crippen molar-refractivity contribution in [3.63, 3.8) is 0 Å². The van der Waals surface area contributed by atoms with Crippen molar-refractivity contribution < 1.29 is 9.53 Å². The lowest BCUT2D eigenvalue weighted by atomic mass is 9.99. The van der Waals surface area contributed by atoms with E-state index in [0.29, 0.717) is 12.2 Å². The zero-order chi connectivity index (χ0) is 18.2. The fourth-order valence-electron chi connectivity index (χ4n) is 2.72. The van der Waals surface area contributed by atoms with Crippen LogP contribution >= 0.6 is 0 Å². The first kappa shape index (κ1) is 17.5. The summed E-state index contributed by atoms with van der Waals surface area (Å²) >= 11 is 0. The Balaban J connectivity index is 2.20. The first-order chi connectivity index (χ1) is 12.8. The van der Waals surface area contributed by atoms with E-state index in [1.165, 1.54) is 0 Å². The lowest BCUT2D eigenvalue weighted by Gasteiger charge is -2.17. The lowest BCUT2D eigenvalue weighted by molar-refractivity contribution is -0.136. The Hall–Kier alpha value is -3.33. The van der Waals surface area contributed by atoms with Crippen LogP contribution in [0.1, 0.15) is 18.1 Å². The highest BCUT2D eigenvalue weighted by Gasteiger charge is 2.20. The van der Waals surface area contributed by atoms with Gasteiger partial charge in [0.25, 0.3) is 0 Å². The summed E-state index contributed by atoms with van der Waals surface area (Å²) in [5, 5.41) is 3.41. The average molecular weight is 343 g/mol. The van der Waals surface area contributed by atoms with E-state index in [1.807, 2.05) is 97.9 Å². The van der Waals surface area contributed by atoms with E-state index in [4.69, 9.17) is 4.74 Å². The molecule has 0 unspecified atom stereocenters. The predicted octanol–water partition coefficient (Wildman–Crippen LogP) is 5.23. The number of hydrogen-bond donors (Lipinski definition) is 1. The Bertz CT molecular complexity index is 872. The Morgan fingerprint density at radius 1 is 0.769 bits per heavy atom. The van der Waals surface area contributed by atoms with Gasteiger partial charge in [-0.15, -0.1) is 0 Å². The van der Waals surface area contributed by atoms with Gasteiger partial charge in [-0.05, 0) is 30.2 Å². The molecule has 0 aliphatic carbocycles. The number of carbonyl (C=O) groups excluding carboxylic acids is 1. The Morgan fingerprint density at radius 3 is 1.81 bits per heavy atom. The number of anilines is 1. The van der Waals surface area contributed by atoms with E-state index in [1.54, 1.807) is 0 Å². The number of nitrogens with one attached hydrogen (secondary N) is 1. The van der Waals surface area contributed by atoms with Crippen LogP contribution in [0.3, 0.4) is 0 Å². The van der Waals surface area contributed by atoms with Crippen molar-refractivity contribution in [2.75, 3.05) is 11.9 Å². The molecule has 1 N–H and O–H groups in total. The Kier molecular flexibility index (Phi) is 5.84. The molecule has 130 valence electrons. The molecule has 3 aromatic carbocycles. The van der Waals surface area contributed by atoms with Gasteiger partial charge in [0.05, 0.1) is 17.9 Å². The molecule has 0 amide bonds. The molecule has 0 saturated carbocycles. The van der Waals surface area contributed by atoms with E-state index in [2.05, 4.69) is 5.32 Å². The molecule has 3 aromatic rings. The zero-order valence-corrected chi connectivity index (χ0v) is 14.7. The fourth-order valence-corrected chi connectivity index (χ4v) is 2.72. The van der Waals surface area contributed by atoms with Crippen LogP contribution in [0, 0.1) is 0 Å². The van der Waals surface area contributed by atoms with Gasteiger partial charge in [0.1, 0.15) is 0 Å². The van der Waals surface area contributed by atoms with Crippen LogP contribution in [0.5, 0.6) is 0 Å². The maximum Gasteiger partial charge on any atom is 0.340 e. The molecule has 0 atom stereocenters. The molecule has 0 spiro atoms. The third-order valence-electron chi connectivity index (χ3n) is 3.90. The molecule has 0 bridgehead atoms. The predicted molar refractivity (Wildman–Crippen MR) is 106 cm³/mol. The second-order valence-corrected chi connectivity index (χ2v) is 5.69. The highest BCUT2D eigenvalue weighted by atomic mass is 16.5. The third kappa shape index (κ3) is 4.19. The summed E-state index contributed by atoms with van der Waals surface area (Å²) in [6.07, 6.45) is 0. The minimum Gasteiger partial charge on any atom is -0.462 e. The standard InChI is InChI=1S/C23H21NO2/c1-2-26-23(25)21(18-12-6-3-7-13-18)22(19-14-8-4-9-15-19)24-20-16-10-5-11-17-20/h3-17,24H,2H2,1H3/b22-21-. The van der Waals surface area contributed by atoms with Crippen LogP contribution in [-0.2, 0) is 9.53 Å². The topological polar surface area (TPSA) is 38.3 Å². The molecule has 0 aliphatic rings. The highest BCUT2D eigenvalue weighted by molar-refractivity contribution is 6.25. The van der Waals surface area contributed by atoms with Crippen LogP contribution in [0.4, 0.5) is 5.69 Å². The van der Waals surface area contributed by atoms with Crippen molar-refractivity contribution in [3.8, 4) is 0 Å². The van der Waals surface area contributed by atoms with Crippen molar-refractivity contribution in [1.82, 2.24) is 0 Å². The van der Waals surface area contributed by atoms with Crippen LogP contribution in [-0.4, -0.2) is 12.6 Å². The third-order valence-corrected chi connectivity index (χ3v) is 3.90. The van der Waals surface area contributed by atoms with Gasteiger partial charge in [0.2, 0.25) is 0 Å². The number of benzene rings is 3. The van der Waals surface area contributed by atoms with Gasteiger partial charge in [-0.25, -0.2) is 4.79 Å². The first-order valence-electron chi connectivity index (χ1n) is 8.64. The van der Waals surface area contributed by atoms with Gasteiger partial charge in [-0.1, -0.05) is 78.9 Å². The Labute approximate surface area is 154 Å². The van der Waals surface area contributed by atoms with Crippen molar-refractivity contribution in [1.29, 1.82) is 0 Å². The second kappa shape index (κ2) is 8.67. The van der Waals surface area contributed by atoms with Gasteiger partial charge in [0, 0.05) is 5.69 Å². The monoisotopic (exact) mass is 343 g/mol. The number of esters is 1. The summed E-state index contributed by atoms with van der Waals surface area (Å²) < 4.78 is 5.36. The van der Waals surface area contributed by atoms with E-state index < -0.39 is 0 Å². The molecule has 26 heavy (non-hydrogen) atoms. The van der Waals surface area contributed by atoms with Gasteiger partial charge in [-0.3, -0.25) is 0 Å². The van der Waals surface area contributed by atoms with Crippen molar-refractivity contribution in [2.45, 2.75) is 6.92 Å². The van der Waals surface area contributed by atoms with Crippen LogP contribution in [0.2, 0.25) is 0 Å². The molecular formula is C23H21NO2. The van der Waals surface area contributed by atoms with E-state index >= 15 is 0 Å². The van der Waals surface area contributed by atoms with E-state index in [0.717, 1.165) is 22.5 Å². The molecule has 3 rings (SSSR count). The maximum absolute atomic E-state index is 12.8. The number of ether oxygens (including phenoxy) is 1. The molecule has 0 saturated heterocycles. The molecule has 3 nitrogen and oxygen atoms in total. The lowest BCUT2D eigenvalue weighted by Crippen LogP contribution is -2.13. The molecule has 0 aliphatic heterocycles. The minimum absolute atomic E-state index is 0.322. The molecule has 0 radical (unpaired) electrons. The Morgan fingerprint density at radius 2 is 1.27 bits per heavy atom. The molecule has 3 heteroatoms. The van der Waals surface area contributed by atoms with Gasteiger partial charge in [0.15, 0.2) is 0 Å². The van der Waals surface area contributed by atoms with Crippen molar-refractivity contribution in [2.24, 2.45) is 0 Å². The van der Waals surface area contributed by atoms with Crippen LogP contribution in [0.25, 0.3) is 11.3 Å². The summed E-state index contributed by atoms with van der Waals surface area (Å²) in [5.41, 5.74) is 3.88. The van der Waals surface area contributed by atoms with Crippen molar-refractivity contribution >= 4 is 22.9 Å². The van der Waals surface area contributed by atoms with Gasteiger partial charge >= 0.3 is 5.97 Å². The summed E-state index contributed by atoms with van der Waals surface area (Å²) in [5.74, 6) is -0.346. The summed E-state index contributed by atoms with van der Waals surface area (Å²) in [7, 11) is 0. The quantitative estimate of drug-likeness (QED) is 0.378. The number of carbonyl (C=O) groups is 1. The smallest absolute Gasteiger partial charge is 0.340 e. The van der Waals surface area contributed by atoms with E-state index in [9.17, 15) is 4.79 Å². The normalized spacial score (nSPS) is 11.4. The molecular weight excluding hydrogens is 322 g/mol. The molecule has 0 fully saturated rings. The van der Waals surface area contributed by atoms with Crippen molar-refractivity contribution in [3.05, 3.63) is 102 Å². The SMILES string of the molecule is CCOC(=O)/C(=C(\Nc1ccccc1)c1ccccc1)c1ccccc1. The van der Waals surface area contributed by atoms with Gasteiger partial charge < -0.3 is 10.1 Å². The first-order valence-corrected chi connectivity index (χ1v) is 8.64. The maximum atomic E-state index is 12.8. The average Bonchev–Trinajstić information content (AvgIpc) is 2.70. The van der Waals surface area contributed by atoms with E-state index in [-0.39, 0.29) is 5.97 Å². The highest BCUT2D eigenvalue weighted by Crippen LogP contribution is 2.29. The fraction of sp³-hybridized carbons (Fsp3) is 0.0870. The van der Waals surface area contributed by atoms with Crippen LogP contribution in [0.15, 0.2) is 91.0 Å². The second-order valence-electron chi connectivity index (χ2n) is 5.69. The molecule has 0 heterocycles. The summed E-state index contributed by atoms with van der Waals surface area (Å²) in [4.78, 5) is 12.8. The number of rotatable bonds is 6. The minimum atomic E-state index is -0.346. The number of para-hydroxylation sites is 1. The zero-order valence-electron chi connectivity index (χ0n) is 14.7. The largest absolute Gasteiger partial charge is 0.462 e. The van der Waals surface area contributed by atoms with Gasteiger partial charge in [-0.2, -0.15) is 0 Å². The molecule has 0 aromatic heterocycles. The van der Waals surface area contributed by atoms with Crippen LogP contribution < -0.4 is 5.32 Å².